The summed E-state index contributed by atoms with van der Waals surface area (Å²) in [5.41, 5.74) is 0. The fraction of sp³-hybridized carbons (Fsp3) is 0.800. The highest BCUT2D eigenvalue weighted by atomic mass is 32.3. The fourth-order valence-electron chi connectivity index (χ4n) is 2.00. The van der Waals surface area contributed by atoms with Crippen LogP contribution in [0.1, 0.15) is 26.7 Å². The first-order valence-corrected chi connectivity index (χ1v) is 7.03. The van der Waals surface area contributed by atoms with E-state index in [9.17, 15) is 21.9 Å². The number of rotatable bonds is 5. The molecule has 2 atom stereocenters. The molecule has 1 N–H and O–H groups in total. The summed E-state index contributed by atoms with van der Waals surface area (Å²) in [5, 5.41) is 7.61. The first-order chi connectivity index (χ1) is 8.12. The van der Waals surface area contributed by atoms with Crippen molar-refractivity contribution >= 4 is 22.1 Å². The Morgan fingerprint density at radius 3 is 2.44 bits per heavy atom. The van der Waals surface area contributed by atoms with Gasteiger partial charge in [0.05, 0.1) is 0 Å². The molecule has 1 aliphatic rings. The third kappa shape index (κ3) is 3.41. The summed E-state index contributed by atoms with van der Waals surface area (Å²) in [4.78, 5) is 23.6. The maximum Gasteiger partial charge on any atom is 0.326 e. The normalized spacial score (nSPS) is 22.6. The summed E-state index contributed by atoms with van der Waals surface area (Å²) in [6.07, 6.45) is -0.277. The van der Waals surface area contributed by atoms with E-state index in [-0.39, 0.29) is 18.9 Å². The Bertz CT molecular complexity index is 447. The summed E-state index contributed by atoms with van der Waals surface area (Å²) in [6, 6.07) is -1.09. The Morgan fingerprint density at radius 2 is 2.11 bits per heavy atom. The Hall–Kier alpha value is -1.18. The van der Waals surface area contributed by atoms with Crippen LogP contribution in [0, 0.1) is 5.92 Å². The standard InChI is InChI=1S/C10H16FNO5S/c1-6(2)3-8(10(14)15)12-5-7(4-9(12)13)18(11,16)17/h6-8H,3-5H2,1-2H3,(H,14,15)/t7?,8-/m0/s1. The molecule has 1 heterocycles. The second kappa shape index (κ2) is 5.21. The Labute approximate surface area is 105 Å². The van der Waals surface area contributed by atoms with Gasteiger partial charge in [0.2, 0.25) is 5.91 Å². The van der Waals surface area contributed by atoms with Crippen LogP contribution in [0.25, 0.3) is 0 Å². The van der Waals surface area contributed by atoms with Gasteiger partial charge in [0.1, 0.15) is 11.3 Å². The number of hydrogen-bond acceptors (Lipinski definition) is 4. The first-order valence-electron chi connectivity index (χ1n) is 5.58. The molecule has 1 aliphatic heterocycles. The Morgan fingerprint density at radius 1 is 1.56 bits per heavy atom. The lowest BCUT2D eigenvalue weighted by molar-refractivity contribution is -0.149. The molecular weight excluding hydrogens is 265 g/mol. The number of aliphatic carboxylic acids is 1. The molecule has 0 spiro atoms. The van der Waals surface area contributed by atoms with Crippen LogP contribution in [0.3, 0.4) is 0 Å². The van der Waals surface area contributed by atoms with Crippen LogP contribution in [0.4, 0.5) is 3.89 Å². The number of halogens is 1. The van der Waals surface area contributed by atoms with E-state index in [1.54, 1.807) is 13.8 Å². The molecule has 1 saturated heterocycles. The van der Waals surface area contributed by atoms with Gasteiger partial charge in [-0.2, -0.15) is 8.42 Å². The number of carboxylic acid groups (broad SMARTS) is 1. The highest BCUT2D eigenvalue weighted by Gasteiger charge is 2.43. The molecule has 0 radical (unpaired) electrons. The average Bonchev–Trinajstić information content (AvgIpc) is 2.55. The van der Waals surface area contributed by atoms with Crippen molar-refractivity contribution in [3.63, 3.8) is 0 Å². The van der Waals surface area contributed by atoms with Crippen molar-refractivity contribution in [1.29, 1.82) is 0 Å². The molecule has 1 fully saturated rings. The largest absolute Gasteiger partial charge is 0.480 e. The topological polar surface area (TPSA) is 91.8 Å². The first kappa shape index (κ1) is 14.9. The maximum absolute atomic E-state index is 12.8. The number of likely N-dealkylation sites (tertiary alicyclic amines) is 1. The number of carbonyl (C=O) groups excluding carboxylic acids is 1. The Kier molecular flexibility index (Phi) is 4.31. The van der Waals surface area contributed by atoms with E-state index < -0.39 is 39.8 Å². The zero-order chi connectivity index (χ0) is 14.1. The molecule has 0 aromatic carbocycles. The van der Waals surface area contributed by atoms with Gasteiger partial charge in [0.15, 0.2) is 0 Å². The zero-order valence-electron chi connectivity index (χ0n) is 10.2. The van der Waals surface area contributed by atoms with Crippen molar-refractivity contribution in [3.05, 3.63) is 0 Å². The van der Waals surface area contributed by atoms with Crippen molar-refractivity contribution in [1.82, 2.24) is 4.90 Å². The minimum Gasteiger partial charge on any atom is -0.480 e. The highest BCUT2D eigenvalue weighted by Crippen LogP contribution is 2.24. The smallest absolute Gasteiger partial charge is 0.326 e. The van der Waals surface area contributed by atoms with E-state index in [0.29, 0.717) is 0 Å². The van der Waals surface area contributed by atoms with Gasteiger partial charge in [-0.3, -0.25) is 4.79 Å². The molecule has 1 amide bonds. The van der Waals surface area contributed by atoms with E-state index >= 15 is 0 Å². The van der Waals surface area contributed by atoms with Gasteiger partial charge in [-0.05, 0) is 12.3 Å². The summed E-state index contributed by atoms with van der Waals surface area (Å²) in [5.74, 6) is -1.80. The number of hydrogen-bond donors (Lipinski definition) is 1. The zero-order valence-corrected chi connectivity index (χ0v) is 11.0. The van der Waals surface area contributed by atoms with Crippen molar-refractivity contribution < 1.29 is 27.0 Å². The molecule has 0 aliphatic carbocycles. The Balaban J connectivity index is 2.88. The van der Waals surface area contributed by atoms with Gasteiger partial charge >= 0.3 is 16.2 Å². The number of amides is 1. The number of carboxylic acids is 1. The lowest BCUT2D eigenvalue weighted by atomic mass is 10.0. The molecular formula is C10H16FNO5S. The van der Waals surface area contributed by atoms with Crippen LogP contribution in [-0.4, -0.2) is 48.1 Å². The molecule has 18 heavy (non-hydrogen) atoms. The van der Waals surface area contributed by atoms with Gasteiger partial charge in [-0.15, -0.1) is 3.89 Å². The minimum absolute atomic E-state index is 0.0277. The van der Waals surface area contributed by atoms with Crippen molar-refractivity contribution in [2.24, 2.45) is 5.92 Å². The van der Waals surface area contributed by atoms with E-state index in [1.165, 1.54) is 0 Å². The molecule has 6 nitrogen and oxygen atoms in total. The van der Waals surface area contributed by atoms with Gasteiger partial charge in [0.25, 0.3) is 0 Å². The predicted molar refractivity (Wildman–Crippen MR) is 61.0 cm³/mol. The van der Waals surface area contributed by atoms with Crippen LogP contribution in [-0.2, 0) is 19.8 Å². The monoisotopic (exact) mass is 281 g/mol. The second-order valence-electron chi connectivity index (χ2n) is 4.83. The van der Waals surface area contributed by atoms with Crippen LogP contribution in [0.15, 0.2) is 0 Å². The van der Waals surface area contributed by atoms with Crippen molar-refractivity contribution in [2.45, 2.75) is 38.0 Å². The van der Waals surface area contributed by atoms with Crippen LogP contribution >= 0.6 is 0 Å². The summed E-state index contributed by atoms with van der Waals surface area (Å²) in [6.45, 7) is 3.20. The van der Waals surface area contributed by atoms with Gasteiger partial charge < -0.3 is 10.0 Å². The van der Waals surface area contributed by atoms with Crippen molar-refractivity contribution in [3.8, 4) is 0 Å². The molecule has 0 saturated carbocycles. The van der Waals surface area contributed by atoms with E-state index in [2.05, 4.69) is 0 Å². The SMILES string of the molecule is CC(C)C[C@@H](C(=O)O)N1CC(S(=O)(=O)F)CC1=O. The highest BCUT2D eigenvalue weighted by molar-refractivity contribution is 7.87. The maximum atomic E-state index is 12.8. The third-order valence-electron chi connectivity index (χ3n) is 2.88. The van der Waals surface area contributed by atoms with Gasteiger partial charge in [0, 0.05) is 13.0 Å². The van der Waals surface area contributed by atoms with E-state index in [0.717, 1.165) is 4.90 Å². The summed E-state index contributed by atoms with van der Waals surface area (Å²) >= 11 is 0. The molecule has 0 aromatic heterocycles. The quantitative estimate of drug-likeness (QED) is 0.736. The van der Waals surface area contributed by atoms with Crippen LogP contribution in [0.5, 0.6) is 0 Å². The average molecular weight is 281 g/mol. The van der Waals surface area contributed by atoms with E-state index in [4.69, 9.17) is 5.11 Å². The van der Waals surface area contributed by atoms with Gasteiger partial charge in [-0.1, -0.05) is 13.8 Å². The predicted octanol–water partition coefficient (Wildman–Crippen LogP) is 0.386. The van der Waals surface area contributed by atoms with Crippen molar-refractivity contribution in [2.75, 3.05) is 6.54 Å². The lowest BCUT2D eigenvalue weighted by Gasteiger charge is -2.25. The third-order valence-corrected chi connectivity index (χ3v) is 3.99. The van der Waals surface area contributed by atoms with E-state index in [1.807, 2.05) is 0 Å². The summed E-state index contributed by atoms with van der Waals surface area (Å²) in [7, 11) is -4.81. The molecule has 1 rings (SSSR count). The fourth-order valence-corrected chi connectivity index (χ4v) is 2.68. The molecule has 1 unspecified atom stereocenters. The molecule has 8 heteroatoms. The number of nitrogens with zero attached hydrogens (tertiary/aromatic N) is 1. The second-order valence-corrected chi connectivity index (χ2v) is 6.45. The number of carbonyl (C=O) groups is 2. The summed E-state index contributed by atoms with van der Waals surface area (Å²) < 4.78 is 34.3. The van der Waals surface area contributed by atoms with Gasteiger partial charge in [-0.25, -0.2) is 4.79 Å². The lowest BCUT2D eigenvalue weighted by Crippen LogP contribution is -2.43. The van der Waals surface area contributed by atoms with Crippen LogP contribution in [0.2, 0.25) is 0 Å². The minimum atomic E-state index is -4.81. The molecule has 0 aromatic rings. The van der Waals surface area contributed by atoms with Crippen LogP contribution < -0.4 is 0 Å². The molecule has 0 bridgehead atoms. The molecule has 104 valence electrons.